The van der Waals surface area contributed by atoms with Gasteiger partial charge in [0.25, 0.3) is 0 Å². The minimum absolute atomic E-state index is 0.125. The van der Waals surface area contributed by atoms with Gasteiger partial charge >= 0.3 is 5.97 Å². The fourth-order valence-electron chi connectivity index (χ4n) is 3.07. The quantitative estimate of drug-likeness (QED) is 0.536. The van der Waals surface area contributed by atoms with Gasteiger partial charge in [0.15, 0.2) is 0 Å². The summed E-state index contributed by atoms with van der Waals surface area (Å²) in [6.07, 6.45) is 0.758. The molecule has 0 spiro atoms. The van der Waals surface area contributed by atoms with Crippen LogP contribution in [-0.2, 0) is 6.54 Å². The minimum Gasteiger partial charge on any atom is -0.493 e. The van der Waals surface area contributed by atoms with Crippen molar-refractivity contribution in [1.29, 1.82) is 0 Å². The van der Waals surface area contributed by atoms with Crippen LogP contribution in [0.1, 0.15) is 37.0 Å². The summed E-state index contributed by atoms with van der Waals surface area (Å²) in [5.41, 5.74) is 2.63. The lowest BCUT2D eigenvalue weighted by atomic mass is 10.1. The van der Waals surface area contributed by atoms with Crippen molar-refractivity contribution in [3.8, 4) is 28.3 Å². The molecular formula is C23H25FN2O4. The number of benzene rings is 2. The van der Waals surface area contributed by atoms with Crippen LogP contribution in [0.5, 0.6) is 5.75 Å². The summed E-state index contributed by atoms with van der Waals surface area (Å²) in [5, 5.41) is 24.2. The zero-order chi connectivity index (χ0) is 21.7. The smallest absolute Gasteiger partial charge is 0.335 e. The molecule has 1 heterocycles. The first-order valence-corrected chi connectivity index (χ1v) is 9.95. The van der Waals surface area contributed by atoms with Crippen LogP contribution >= 0.6 is 0 Å². The number of aromatic carboxylic acids is 1. The lowest BCUT2D eigenvalue weighted by Gasteiger charge is -2.12. The van der Waals surface area contributed by atoms with E-state index in [1.165, 1.54) is 24.3 Å². The molecule has 0 aliphatic rings. The molecule has 0 aliphatic carbocycles. The summed E-state index contributed by atoms with van der Waals surface area (Å²) in [4.78, 5) is 11.5. The highest BCUT2D eigenvalue weighted by atomic mass is 19.1. The predicted molar refractivity (Wildman–Crippen MR) is 112 cm³/mol. The lowest BCUT2D eigenvalue weighted by molar-refractivity contribution is 0.0697. The second kappa shape index (κ2) is 9.54. The van der Waals surface area contributed by atoms with Crippen molar-refractivity contribution >= 4 is 5.97 Å². The first-order chi connectivity index (χ1) is 14.4. The molecule has 30 heavy (non-hydrogen) atoms. The Morgan fingerprint density at radius 2 is 1.90 bits per heavy atom. The van der Waals surface area contributed by atoms with Crippen molar-refractivity contribution in [2.24, 2.45) is 0 Å². The van der Waals surface area contributed by atoms with E-state index in [1.807, 2.05) is 13.8 Å². The minimum atomic E-state index is -1.04. The third-order valence-corrected chi connectivity index (χ3v) is 4.74. The molecule has 158 valence electrons. The highest BCUT2D eigenvalue weighted by molar-refractivity contribution is 5.90. The van der Waals surface area contributed by atoms with E-state index in [0.29, 0.717) is 35.7 Å². The summed E-state index contributed by atoms with van der Waals surface area (Å²) < 4.78 is 20.9. The van der Waals surface area contributed by atoms with Crippen LogP contribution in [0.4, 0.5) is 4.39 Å². The Hall–Kier alpha value is -3.19. The fraction of sp³-hybridized carbons (Fsp3) is 0.304. The standard InChI is InChI=1S/C23H25FN2O4/c1-3-11-30-22-10-7-16(23(28)29)12-19(22)20-13-21(15-5-8-17(24)9-6-15)26(25-20)14-18(27)4-2/h5-10,12-13,18,27H,3-4,11,14H2,1-2H3,(H,28,29)/t18-/m1/s1. The molecular weight excluding hydrogens is 387 g/mol. The molecule has 3 aromatic rings. The van der Waals surface area contributed by atoms with Gasteiger partial charge in [0.2, 0.25) is 0 Å². The van der Waals surface area contributed by atoms with Crippen LogP contribution in [0, 0.1) is 5.82 Å². The number of carbonyl (C=O) groups is 1. The van der Waals surface area contributed by atoms with Crippen molar-refractivity contribution in [3.63, 3.8) is 0 Å². The van der Waals surface area contributed by atoms with E-state index in [-0.39, 0.29) is 17.9 Å². The molecule has 0 fully saturated rings. The van der Waals surface area contributed by atoms with Gasteiger partial charge in [0, 0.05) is 11.1 Å². The average molecular weight is 412 g/mol. The molecule has 0 aliphatic heterocycles. The van der Waals surface area contributed by atoms with Gasteiger partial charge in [0.1, 0.15) is 11.6 Å². The third kappa shape index (κ3) is 4.86. The van der Waals surface area contributed by atoms with Gasteiger partial charge < -0.3 is 14.9 Å². The highest BCUT2D eigenvalue weighted by Gasteiger charge is 2.18. The monoisotopic (exact) mass is 412 g/mol. The van der Waals surface area contributed by atoms with Crippen molar-refractivity contribution < 1.29 is 24.1 Å². The van der Waals surface area contributed by atoms with E-state index in [4.69, 9.17) is 4.74 Å². The Bertz CT molecular complexity index is 1010. The Kier molecular flexibility index (Phi) is 6.84. The SMILES string of the molecule is CCCOc1ccc(C(=O)O)cc1-c1cc(-c2ccc(F)cc2)n(C[C@H](O)CC)n1. The average Bonchev–Trinajstić information content (AvgIpc) is 3.15. The predicted octanol–water partition coefficient (Wildman–Crippen LogP) is 4.61. The number of nitrogens with zero attached hydrogens (tertiary/aromatic N) is 2. The van der Waals surface area contributed by atoms with Crippen LogP contribution < -0.4 is 4.74 Å². The Morgan fingerprint density at radius 3 is 2.53 bits per heavy atom. The molecule has 1 aromatic heterocycles. The van der Waals surface area contributed by atoms with Crippen LogP contribution in [0.3, 0.4) is 0 Å². The topological polar surface area (TPSA) is 84.6 Å². The van der Waals surface area contributed by atoms with Crippen molar-refractivity contribution in [2.45, 2.75) is 39.3 Å². The van der Waals surface area contributed by atoms with E-state index in [2.05, 4.69) is 5.10 Å². The first-order valence-electron chi connectivity index (χ1n) is 9.95. The van der Waals surface area contributed by atoms with E-state index in [9.17, 15) is 19.4 Å². The molecule has 1 atom stereocenters. The molecule has 3 rings (SSSR count). The number of carboxylic acid groups (broad SMARTS) is 1. The number of carboxylic acids is 1. The zero-order valence-corrected chi connectivity index (χ0v) is 17.0. The molecule has 0 bridgehead atoms. The lowest BCUT2D eigenvalue weighted by Crippen LogP contribution is -2.16. The van der Waals surface area contributed by atoms with Crippen LogP contribution in [0.25, 0.3) is 22.5 Å². The number of rotatable bonds is 9. The second-order valence-corrected chi connectivity index (χ2v) is 7.03. The molecule has 0 unspecified atom stereocenters. The summed E-state index contributed by atoms with van der Waals surface area (Å²) in [5.74, 6) is -0.853. The third-order valence-electron chi connectivity index (χ3n) is 4.74. The van der Waals surface area contributed by atoms with E-state index in [0.717, 1.165) is 12.0 Å². The molecule has 2 N–H and O–H groups in total. The maximum Gasteiger partial charge on any atom is 0.335 e. The van der Waals surface area contributed by atoms with Crippen LogP contribution in [0.2, 0.25) is 0 Å². The number of aliphatic hydroxyl groups excluding tert-OH is 1. The molecule has 0 saturated heterocycles. The van der Waals surface area contributed by atoms with Gasteiger partial charge in [-0.2, -0.15) is 5.10 Å². The number of hydrogen-bond acceptors (Lipinski definition) is 4. The number of hydrogen-bond donors (Lipinski definition) is 2. The van der Waals surface area contributed by atoms with Gasteiger partial charge in [-0.1, -0.05) is 13.8 Å². The van der Waals surface area contributed by atoms with E-state index < -0.39 is 12.1 Å². The molecule has 0 saturated carbocycles. The summed E-state index contributed by atoms with van der Waals surface area (Å²) in [7, 11) is 0. The molecule has 6 nitrogen and oxygen atoms in total. The normalized spacial score (nSPS) is 12.0. The summed E-state index contributed by atoms with van der Waals surface area (Å²) in [6.45, 7) is 4.60. The first kappa shape index (κ1) is 21.5. The van der Waals surface area contributed by atoms with Crippen molar-refractivity contribution in [3.05, 3.63) is 59.9 Å². The van der Waals surface area contributed by atoms with Crippen molar-refractivity contribution in [2.75, 3.05) is 6.61 Å². The van der Waals surface area contributed by atoms with Gasteiger partial charge in [0.05, 0.1) is 36.2 Å². The maximum atomic E-state index is 13.4. The number of halogens is 1. The summed E-state index contributed by atoms with van der Waals surface area (Å²) in [6, 6.07) is 12.5. The number of aliphatic hydroxyl groups is 1. The second-order valence-electron chi connectivity index (χ2n) is 7.03. The largest absolute Gasteiger partial charge is 0.493 e. The molecule has 0 amide bonds. The van der Waals surface area contributed by atoms with Crippen LogP contribution in [0.15, 0.2) is 48.5 Å². The van der Waals surface area contributed by atoms with Gasteiger partial charge in [-0.15, -0.1) is 0 Å². The van der Waals surface area contributed by atoms with Crippen molar-refractivity contribution in [1.82, 2.24) is 9.78 Å². The summed E-state index contributed by atoms with van der Waals surface area (Å²) >= 11 is 0. The number of ether oxygens (including phenoxy) is 1. The Labute approximate surface area is 174 Å². The molecule has 2 aromatic carbocycles. The van der Waals surface area contributed by atoms with Crippen LogP contribution in [-0.4, -0.2) is 38.7 Å². The number of aromatic nitrogens is 2. The zero-order valence-electron chi connectivity index (χ0n) is 17.0. The fourth-order valence-corrected chi connectivity index (χ4v) is 3.07. The van der Waals surface area contributed by atoms with Gasteiger partial charge in [-0.3, -0.25) is 4.68 Å². The Balaban J connectivity index is 2.13. The maximum absolute atomic E-state index is 13.4. The molecule has 0 radical (unpaired) electrons. The van der Waals surface area contributed by atoms with Gasteiger partial charge in [-0.05, 0) is 61.4 Å². The van der Waals surface area contributed by atoms with Gasteiger partial charge in [-0.25, -0.2) is 9.18 Å². The molecule has 7 heteroatoms. The highest BCUT2D eigenvalue weighted by Crippen LogP contribution is 2.34. The van der Waals surface area contributed by atoms with E-state index >= 15 is 0 Å². The van der Waals surface area contributed by atoms with E-state index in [1.54, 1.807) is 28.9 Å². The Morgan fingerprint density at radius 1 is 1.17 bits per heavy atom.